The summed E-state index contributed by atoms with van der Waals surface area (Å²) in [4.78, 5) is 19.2. The predicted octanol–water partition coefficient (Wildman–Crippen LogP) is 0.778. The largest absolute Gasteiger partial charge is 0.408 e. The van der Waals surface area contributed by atoms with Gasteiger partial charge in [0.15, 0.2) is 5.82 Å². The number of hydrogen-bond donors (Lipinski definition) is 2. The molecular weight excluding hydrogens is 251 g/mol. The normalized spacial score (nSPS) is 11.7. The summed E-state index contributed by atoms with van der Waals surface area (Å²) < 4.78 is 36.9. The number of hydrogen-bond acceptors (Lipinski definition) is 4. The molecule has 2 rings (SSSR count). The Hall–Kier alpha value is -2.32. The van der Waals surface area contributed by atoms with Crippen LogP contribution < -0.4 is 11.3 Å². The Morgan fingerprint density at radius 2 is 2.17 bits per heavy atom. The number of anilines is 1. The number of halogens is 3. The minimum atomic E-state index is -4.48. The van der Waals surface area contributed by atoms with E-state index in [1.54, 1.807) is 0 Å². The molecule has 9 heteroatoms. The highest BCUT2D eigenvalue weighted by Crippen LogP contribution is 2.17. The minimum absolute atomic E-state index is 0.0165. The number of aromatic nitrogens is 4. The average molecular weight is 259 g/mol. The summed E-state index contributed by atoms with van der Waals surface area (Å²) in [7, 11) is 0. The van der Waals surface area contributed by atoms with E-state index in [-0.39, 0.29) is 17.2 Å². The molecule has 0 saturated heterocycles. The van der Waals surface area contributed by atoms with Crippen molar-refractivity contribution in [1.29, 1.82) is 0 Å². The SMILES string of the molecule is Nc1ccnc(-c2c[nH]n(CC(F)(F)F)c2=O)n1. The molecule has 0 unspecified atom stereocenters. The van der Waals surface area contributed by atoms with Crippen molar-refractivity contribution >= 4 is 5.82 Å². The van der Waals surface area contributed by atoms with E-state index in [1.165, 1.54) is 12.3 Å². The van der Waals surface area contributed by atoms with Gasteiger partial charge in [0.05, 0.1) is 0 Å². The number of alkyl halides is 3. The van der Waals surface area contributed by atoms with Gasteiger partial charge in [-0.1, -0.05) is 0 Å². The first-order valence-corrected chi connectivity index (χ1v) is 4.81. The van der Waals surface area contributed by atoms with Gasteiger partial charge < -0.3 is 10.8 Å². The number of rotatable bonds is 2. The van der Waals surface area contributed by atoms with Gasteiger partial charge in [-0.05, 0) is 6.07 Å². The van der Waals surface area contributed by atoms with Crippen molar-refractivity contribution in [3.8, 4) is 11.4 Å². The molecule has 0 fully saturated rings. The fourth-order valence-electron chi connectivity index (χ4n) is 1.37. The Morgan fingerprint density at radius 3 is 2.78 bits per heavy atom. The van der Waals surface area contributed by atoms with Gasteiger partial charge in [0.1, 0.15) is 17.9 Å². The molecule has 2 aromatic heterocycles. The maximum absolute atomic E-state index is 12.2. The smallest absolute Gasteiger partial charge is 0.384 e. The van der Waals surface area contributed by atoms with Crippen LogP contribution >= 0.6 is 0 Å². The Balaban J connectivity index is 2.40. The Morgan fingerprint density at radius 1 is 1.44 bits per heavy atom. The van der Waals surface area contributed by atoms with Crippen molar-refractivity contribution in [2.45, 2.75) is 12.7 Å². The maximum Gasteiger partial charge on any atom is 0.408 e. The molecule has 0 aliphatic heterocycles. The van der Waals surface area contributed by atoms with Gasteiger partial charge in [-0.3, -0.25) is 4.79 Å². The molecule has 0 aliphatic rings. The highest BCUT2D eigenvalue weighted by atomic mass is 19.4. The van der Waals surface area contributed by atoms with Crippen LogP contribution in [-0.4, -0.2) is 25.9 Å². The topological polar surface area (TPSA) is 89.6 Å². The van der Waals surface area contributed by atoms with E-state index >= 15 is 0 Å². The molecule has 18 heavy (non-hydrogen) atoms. The maximum atomic E-state index is 12.2. The summed E-state index contributed by atoms with van der Waals surface area (Å²) in [6, 6.07) is 1.41. The van der Waals surface area contributed by atoms with Crippen LogP contribution in [0.25, 0.3) is 11.4 Å². The monoisotopic (exact) mass is 259 g/mol. The van der Waals surface area contributed by atoms with E-state index in [0.717, 1.165) is 6.20 Å². The van der Waals surface area contributed by atoms with Crippen LogP contribution in [0.5, 0.6) is 0 Å². The third kappa shape index (κ3) is 2.50. The average Bonchev–Trinajstić information content (AvgIpc) is 2.58. The number of nitrogens with one attached hydrogen (secondary N) is 1. The van der Waals surface area contributed by atoms with Crippen molar-refractivity contribution in [2.75, 3.05) is 5.73 Å². The van der Waals surface area contributed by atoms with E-state index in [0.29, 0.717) is 4.68 Å². The number of nitrogen functional groups attached to an aromatic ring is 1. The fourth-order valence-corrected chi connectivity index (χ4v) is 1.37. The second-order valence-electron chi connectivity index (χ2n) is 3.50. The van der Waals surface area contributed by atoms with E-state index in [2.05, 4.69) is 15.1 Å². The Labute approximate surface area is 98.3 Å². The second kappa shape index (κ2) is 4.17. The van der Waals surface area contributed by atoms with Crippen LogP contribution in [0, 0.1) is 0 Å². The third-order valence-electron chi connectivity index (χ3n) is 2.10. The highest BCUT2D eigenvalue weighted by Gasteiger charge is 2.29. The molecule has 0 aliphatic carbocycles. The van der Waals surface area contributed by atoms with Gasteiger partial charge in [0.2, 0.25) is 0 Å². The molecule has 0 spiro atoms. The summed E-state index contributed by atoms with van der Waals surface area (Å²) in [6.45, 7) is -1.39. The molecule has 0 radical (unpaired) electrons. The fraction of sp³-hybridized carbons (Fsp3) is 0.222. The van der Waals surface area contributed by atoms with Crippen LogP contribution in [0.4, 0.5) is 19.0 Å². The number of nitrogens with zero attached hydrogens (tertiary/aromatic N) is 3. The highest BCUT2D eigenvalue weighted by molar-refractivity contribution is 5.53. The lowest BCUT2D eigenvalue weighted by Crippen LogP contribution is -2.27. The number of nitrogens with two attached hydrogens (primary N) is 1. The van der Waals surface area contributed by atoms with Gasteiger partial charge >= 0.3 is 6.18 Å². The first kappa shape index (κ1) is 12.1. The van der Waals surface area contributed by atoms with Crippen molar-refractivity contribution in [2.24, 2.45) is 0 Å². The molecule has 6 nitrogen and oxygen atoms in total. The zero-order valence-electron chi connectivity index (χ0n) is 8.90. The van der Waals surface area contributed by atoms with Crippen LogP contribution in [0.2, 0.25) is 0 Å². The lowest BCUT2D eigenvalue weighted by Gasteiger charge is -2.05. The summed E-state index contributed by atoms with van der Waals surface area (Å²) in [6.07, 6.45) is -2.05. The summed E-state index contributed by atoms with van der Waals surface area (Å²) >= 11 is 0. The van der Waals surface area contributed by atoms with E-state index in [4.69, 9.17) is 5.73 Å². The van der Waals surface area contributed by atoms with Crippen molar-refractivity contribution in [3.63, 3.8) is 0 Å². The van der Waals surface area contributed by atoms with Gasteiger partial charge in [0.25, 0.3) is 5.56 Å². The molecule has 0 amide bonds. The Kier molecular flexibility index (Phi) is 2.81. The van der Waals surface area contributed by atoms with Crippen molar-refractivity contribution < 1.29 is 13.2 Å². The summed E-state index contributed by atoms with van der Waals surface area (Å²) in [5, 5.41) is 2.21. The Bertz CT molecular complexity index is 615. The number of aromatic amines is 1. The first-order valence-electron chi connectivity index (χ1n) is 4.81. The predicted molar refractivity (Wildman–Crippen MR) is 56.5 cm³/mol. The van der Waals surface area contributed by atoms with E-state index < -0.39 is 18.3 Å². The zero-order valence-corrected chi connectivity index (χ0v) is 8.90. The van der Waals surface area contributed by atoms with Crippen LogP contribution in [0.1, 0.15) is 0 Å². The molecule has 2 aromatic rings. The van der Waals surface area contributed by atoms with Gasteiger partial charge in [-0.25, -0.2) is 14.6 Å². The molecule has 2 heterocycles. The van der Waals surface area contributed by atoms with Crippen molar-refractivity contribution in [3.05, 3.63) is 28.8 Å². The number of H-pyrrole nitrogens is 1. The third-order valence-corrected chi connectivity index (χ3v) is 2.10. The minimum Gasteiger partial charge on any atom is -0.384 e. The lowest BCUT2D eigenvalue weighted by atomic mass is 10.3. The molecule has 0 aromatic carbocycles. The molecular formula is C9H8F3N5O. The molecule has 96 valence electrons. The molecule has 0 saturated carbocycles. The summed E-state index contributed by atoms with van der Waals surface area (Å²) in [5.41, 5.74) is 4.49. The molecule has 0 bridgehead atoms. The van der Waals surface area contributed by atoms with Crippen LogP contribution in [-0.2, 0) is 6.54 Å². The van der Waals surface area contributed by atoms with E-state index in [9.17, 15) is 18.0 Å². The quantitative estimate of drug-likeness (QED) is 0.833. The standard InChI is InChI=1S/C9H8F3N5O/c10-9(11,12)4-17-8(18)5(3-15-17)7-14-2-1-6(13)16-7/h1-3,15H,4H2,(H2,13,14,16). The van der Waals surface area contributed by atoms with Crippen LogP contribution in [0.15, 0.2) is 23.3 Å². The van der Waals surface area contributed by atoms with Gasteiger partial charge in [-0.15, -0.1) is 0 Å². The lowest BCUT2D eigenvalue weighted by molar-refractivity contribution is -0.143. The molecule has 0 atom stereocenters. The van der Waals surface area contributed by atoms with Gasteiger partial charge in [-0.2, -0.15) is 13.2 Å². The van der Waals surface area contributed by atoms with E-state index in [1.807, 2.05) is 0 Å². The zero-order chi connectivity index (χ0) is 13.3. The first-order chi connectivity index (χ1) is 8.37. The second-order valence-corrected chi connectivity index (χ2v) is 3.50. The van der Waals surface area contributed by atoms with Crippen molar-refractivity contribution in [1.82, 2.24) is 19.7 Å². The summed E-state index contributed by atoms with van der Waals surface area (Å²) in [5.74, 6) is 0.111. The van der Waals surface area contributed by atoms with Crippen LogP contribution in [0.3, 0.4) is 0 Å². The van der Waals surface area contributed by atoms with Gasteiger partial charge in [0, 0.05) is 12.4 Å². The molecule has 3 N–H and O–H groups in total.